The predicted molar refractivity (Wildman–Crippen MR) is 72.8 cm³/mol. The summed E-state index contributed by atoms with van der Waals surface area (Å²) in [6, 6.07) is 0. The lowest BCUT2D eigenvalue weighted by Gasteiger charge is -2.25. The van der Waals surface area contributed by atoms with Crippen molar-refractivity contribution in [3.05, 3.63) is 0 Å². The van der Waals surface area contributed by atoms with Crippen molar-refractivity contribution in [3.63, 3.8) is 0 Å². The summed E-state index contributed by atoms with van der Waals surface area (Å²) in [6.07, 6.45) is 1.28. The van der Waals surface area contributed by atoms with Gasteiger partial charge in [0.2, 0.25) is 5.91 Å². The minimum atomic E-state index is -0.463. The first-order chi connectivity index (χ1) is 8.88. The van der Waals surface area contributed by atoms with E-state index in [0.717, 1.165) is 25.9 Å². The number of hydrogen-bond donors (Lipinski definition) is 3. The topological polar surface area (TPSA) is 79.5 Å². The highest BCUT2D eigenvalue weighted by molar-refractivity contribution is 5.79. The third-order valence-electron chi connectivity index (χ3n) is 2.72. The summed E-state index contributed by atoms with van der Waals surface area (Å²) in [6.45, 7) is 8.28. The molecule has 0 aliphatic carbocycles. The molecule has 0 saturated carbocycles. The van der Waals surface area contributed by atoms with E-state index in [9.17, 15) is 9.59 Å². The summed E-state index contributed by atoms with van der Waals surface area (Å²) in [7, 11) is 0. The summed E-state index contributed by atoms with van der Waals surface area (Å²) < 4.78 is 5.11. The molecule has 0 unspecified atom stereocenters. The average molecular weight is 271 g/mol. The van der Waals surface area contributed by atoms with E-state index in [2.05, 4.69) is 16.0 Å². The van der Waals surface area contributed by atoms with Crippen LogP contribution in [0.3, 0.4) is 0 Å². The Morgan fingerprint density at radius 3 is 2.21 bits per heavy atom. The summed E-state index contributed by atoms with van der Waals surface area (Å²) in [5.41, 5.74) is -0.463. The molecule has 0 radical (unpaired) electrons. The molecule has 6 nitrogen and oxygen atoms in total. The molecule has 1 saturated heterocycles. The summed E-state index contributed by atoms with van der Waals surface area (Å²) in [5.74, 6) is 0.263. The van der Waals surface area contributed by atoms with Crippen LogP contribution in [0.15, 0.2) is 0 Å². The summed E-state index contributed by atoms with van der Waals surface area (Å²) >= 11 is 0. The Morgan fingerprint density at radius 2 is 1.74 bits per heavy atom. The molecule has 1 fully saturated rings. The SMILES string of the molecule is CC(C)(C)OC(=O)NCCCCNC(=O)C1CNC1. The van der Waals surface area contributed by atoms with Crippen LogP contribution in [0.5, 0.6) is 0 Å². The lowest BCUT2D eigenvalue weighted by atomic mass is 10.0. The Labute approximate surface area is 114 Å². The lowest BCUT2D eigenvalue weighted by molar-refractivity contribution is -0.126. The monoisotopic (exact) mass is 271 g/mol. The minimum Gasteiger partial charge on any atom is -0.444 e. The number of alkyl carbamates (subject to hydrolysis) is 1. The standard InChI is InChI=1S/C13H25N3O3/c1-13(2,3)19-12(18)16-7-5-4-6-15-11(17)10-8-14-9-10/h10,14H,4-9H2,1-3H3,(H,15,17)(H,16,18). The van der Waals surface area contributed by atoms with Gasteiger partial charge in [-0.15, -0.1) is 0 Å². The number of unbranched alkanes of at least 4 members (excludes halogenated alkanes) is 1. The second kappa shape index (κ2) is 7.33. The Morgan fingerprint density at radius 1 is 1.16 bits per heavy atom. The molecule has 19 heavy (non-hydrogen) atoms. The molecule has 0 spiro atoms. The Hall–Kier alpha value is -1.30. The van der Waals surface area contributed by atoms with Crippen LogP contribution in [0.4, 0.5) is 4.79 Å². The van der Waals surface area contributed by atoms with Gasteiger partial charge in [-0.25, -0.2) is 4.79 Å². The van der Waals surface area contributed by atoms with E-state index < -0.39 is 11.7 Å². The van der Waals surface area contributed by atoms with Gasteiger partial charge < -0.3 is 20.7 Å². The third-order valence-corrected chi connectivity index (χ3v) is 2.72. The molecule has 0 bridgehead atoms. The second-order valence-corrected chi connectivity index (χ2v) is 5.78. The molecule has 0 aromatic carbocycles. The minimum absolute atomic E-state index is 0.124. The van der Waals surface area contributed by atoms with Crippen molar-refractivity contribution in [2.24, 2.45) is 5.92 Å². The first-order valence-electron chi connectivity index (χ1n) is 6.84. The lowest BCUT2D eigenvalue weighted by Crippen LogP contribution is -2.50. The zero-order valence-corrected chi connectivity index (χ0v) is 12.0. The van der Waals surface area contributed by atoms with E-state index in [1.54, 1.807) is 0 Å². The predicted octanol–water partition coefficient (Wildman–Crippen LogP) is 0.627. The van der Waals surface area contributed by atoms with Gasteiger partial charge >= 0.3 is 6.09 Å². The molecule has 1 heterocycles. The van der Waals surface area contributed by atoms with Gasteiger partial charge in [0.15, 0.2) is 0 Å². The number of carbonyl (C=O) groups excluding carboxylic acids is 2. The number of nitrogens with one attached hydrogen (secondary N) is 3. The summed E-state index contributed by atoms with van der Waals surface area (Å²) in [4.78, 5) is 22.8. The van der Waals surface area contributed by atoms with Crippen LogP contribution in [0.25, 0.3) is 0 Å². The third kappa shape index (κ3) is 7.00. The van der Waals surface area contributed by atoms with Crippen molar-refractivity contribution in [1.29, 1.82) is 0 Å². The molecule has 0 aromatic heterocycles. The van der Waals surface area contributed by atoms with Crippen molar-refractivity contribution in [1.82, 2.24) is 16.0 Å². The zero-order valence-electron chi connectivity index (χ0n) is 12.0. The van der Waals surface area contributed by atoms with Crippen molar-refractivity contribution >= 4 is 12.0 Å². The number of ether oxygens (including phenoxy) is 1. The molecular formula is C13H25N3O3. The van der Waals surface area contributed by atoms with Crippen molar-refractivity contribution in [2.75, 3.05) is 26.2 Å². The van der Waals surface area contributed by atoms with E-state index in [4.69, 9.17) is 4.74 Å². The number of rotatable bonds is 6. The highest BCUT2D eigenvalue weighted by Crippen LogP contribution is 2.06. The second-order valence-electron chi connectivity index (χ2n) is 5.78. The Kier molecular flexibility index (Phi) is 6.08. The van der Waals surface area contributed by atoms with Crippen molar-refractivity contribution in [3.8, 4) is 0 Å². The van der Waals surface area contributed by atoms with Gasteiger partial charge in [0.05, 0.1) is 5.92 Å². The Bertz CT molecular complexity index is 309. The van der Waals surface area contributed by atoms with Crippen LogP contribution in [-0.4, -0.2) is 43.8 Å². The maximum Gasteiger partial charge on any atom is 0.407 e. The molecule has 1 rings (SSSR count). The van der Waals surface area contributed by atoms with Crippen molar-refractivity contribution < 1.29 is 14.3 Å². The van der Waals surface area contributed by atoms with E-state index >= 15 is 0 Å². The largest absolute Gasteiger partial charge is 0.444 e. The van der Waals surface area contributed by atoms with E-state index in [1.165, 1.54) is 0 Å². The molecule has 0 atom stereocenters. The highest BCUT2D eigenvalue weighted by Gasteiger charge is 2.23. The molecule has 1 aliphatic heterocycles. The van der Waals surface area contributed by atoms with Crippen LogP contribution in [0, 0.1) is 5.92 Å². The molecular weight excluding hydrogens is 246 g/mol. The summed E-state index contributed by atoms with van der Waals surface area (Å²) in [5, 5.41) is 8.64. The number of hydrogen-bond acceptors (Lipinski definition) is 4. The van der Waals surface area contributed by atoms with Crippen LogP contribution < -0.4 is 16.0 Å². The average Bonchev–Trinajstić information content (AvgIpc) is 2.17. The van der Waals surface area contributed by atoms with Gasteiger partial charge in [-0.3, -0.25) is 4.79 Å². The van der Waals surface area contributed by atoms with E-state index in [0.29, 0.717) is 13.1 Å². The van der Waals surface area contributed by atoms with E-state index in [1.807, 2.05) is 20.8 Å². The van der Waals surface area contributed by atoms with Gasteiger partial charge in [0.1, 0.15) is 5.60 Å². The van der Waals surface area contributed by atoms with Crippen LogP contribution in [0.1, 0.15) is 33.6 Å². The van der Waals surface area contributed by atoms with Crippen LogP contribution in [-0.2, 0) is 9.53 Å². The molecule has 110 valence electrons. The molecule has 2 amide bonds. The first kappa shape index (κ1) is 15.8. The van der Waals surface area contributed by atoms with Crippen LogP contribution >= 0.6 is 0 Å². The van der Waals surface area contributed by atoms with Crippen molar-refractivity contribution in [2.45, 2.75) is 39.2 Å². The number of amides is 2. The Balaban J connectivity index is 1.93. The van der Waals surface area contributed by atoms with Gasteiger partial charge in [-0.2, -0.15) is 0 Å². The fourth-order valence-corrected chi connectivity index (χ4v) is 1.58. The maximum atomic E-state index is 11.5. The quantitative estimate of drug-likeness (QED) is 0.619. The smallest absolute Gasteiger partial charge is 0.407 e. The van der Waals surface area contributed by atoms with Gasteiger partial charge in [0.25, 0.3) is 0 Å². The molecule has 6 heteroatoms. The molecule has 3 N–H and O–H groups in total. The zero-order chi connectivity index (χ0) is 14.3. The first-order valence-corrected chi connectivity index (χ1v) is 6.84. The van der Waals surface area contributed by atoms with Gasteiger partial charge in [-0.05, 0) is 33.6 Å². The van der Waals surface area contributed by atoms with Crippen LogP contribution in [0.2, 0.25) is 0 Å². The van der Waals surface area contributed by atoms with Gasteiger partial charge in [-0.1, -0.05) is 0 Å². The molecule has 0 aromatic rings. The fraction of sp³-hybridized carbons (Fsp3) is 0.846. The number of carbonyl (C=O) groups is 2. The maximum absolute atomic E-state index is 11.5. The van der Waals surface area contributed by atoms with E-state index in [-0.39, 0.29) is 11.8 Å². The fourth-order valence-electron chi connectivity index (χ4n) is 1.58. The molecule has 1 aliphatic rings. The normalized spacial score (nSPS) is 15.5. The van der Waals surface area contributed by atoms with Gasteiger partial charge in [0, 0.05) is 26.2 Å². The highest BCUT2D eigenvalue weighted by atomic mass is 16.6.